The fourth-order valence-corrected chi connectivity index (χ4v) is 3.17. The van der Waals surface area contributed by atoms with Crippen molar-refractivity contribution in [3.05, 3.63) is 59.4 Å². The number of likely N-dealkylation sites (N-methyl/N-ethyl adjacent to an activating group) is 1. The van der Waals surface area contributed by atoms with E-state index in [1.165, 1.54) is 11.5 Å². The maximum absolute atomic E-state index is 12.5. The number of para-hydroxylation sites is 1. The lowest BCUT2D eigenvalue weighted by Gasteiger charge is -2.17. The van der Waals surface area contributed by atoms with Crippen molar-refractivity contribution < 1.29 is 14.3 Å². The van der Waals surface area contributed by atoms with Crippen molar-refractivity contribution in [3.63, 3.8) is 0 Å². The average Bonchev–Trinajstić information content (AvgIpc) is 3.01. The number of carbonyl (C=O) groups is 2. The SMILES string of the molecule is Cc1c(CN(C)C(=O)C=Cc2cnc3c(c2)OCC(=O)N3)[nH]c2ccccc12. The molecule has 0 radical (unpaired) electrons. The molecule has 2 aromatic heterocycles. The molecule has 0 saturated heterocycles. The van der Waals surface area contributed by atoms with Crippen LogP contribution < -0.4 is 10.1 Å². The fourth-order valence-electron chi connectivity index (χ4n) is 3.17. The third kappa shape index (κ3) is 3.46. The number of benzene rings is 1. The number of aromatic nitrogens is 2. The first-order chi connectivity index (χ1) is 13.5. The molecule has 4 rings (SSSR count). The van der Waals surface area contributed by atoms with Gasteiger partial charge in [-0.05, 0) is 36.3 Å². The Labute approximate surface area is 162 Å². The quantitative estimate of drug-likeness (QED) is 0.686. The molecule has 2 N–H and O–H groups in total. The zero-order valence-electron chi connectivity index (χ0n) is 15.7. The number of aryl methyl sites for hydroxylation is 1. The summed E-state index contributed by atoms with van der Waals surface area (Å²) in [6, 6.07) is 9.84. The molecular weight excluding hydrogens is 356 g/mol. The van der Waals surface area contributed by atoms with E-state index in [0.29, 0.717) is 18.1 Å². The van der Waals surface area contributed by atoms with Crippen LogP contribution in [0.5, 0.6) is 5.75 Å². The second-order valence-corrected chi connectivity index (χ2v) is 6.75. The summed E-state index contributed by atoms with van der Waals surface area (Å²) in [5.74, 6) is 0.541. The van der Waals surface area contributed by atoms with E-state index < -0.39 is 0 Å². The first kappa shape index (κ1) is 17.8. The minimum absolute atomic E-state index is 0.0344. The van der Waals surface area contributed by atoms with Crippen molar-refractivity contribution in [2.24, 2.45) is 0 Å². The van der Waals surface area contributed by atoms with Gasteiger partial charge in [0.1, 0.15) is 0 Å². The molecule has 28 heavy (non-hydrogen) atoms. The highest BCUT2D eigenvalue weighted by Gasteiger charge is 2.17. The van der Waals surface area contributed by atoms with Crippen LogP contribution in [0.3, 0.4) is 0 Å². The third-order valence-electron chi connectivity index (χ3n) is 4.75. The van der Waals surface area contributed by atoms with Crippen LogP contribution in [0, 0.1) is 6.92 Å². The second kappa shape index (κ2) is 7.19. The number of hydrogen-bond donors (Lipinski definition) is 2. The Morgan fingerprint density at radius 2 is 2.18 bits per heavy atom. The normalized spacial score (nSPS) is 13.3. The van der Waals surface area contributed by atoms with Crippen LogP contribution in [-0.2, 0) is 16.1 Å². The Morgan fingerprint density at radius 3 is 3.00 bits per heavy atom. The maximum Gasteiger partial charge on any atom is 0.263 e. The van der Waals surface area contributed by atoms with E-state index in [9.17, 15) is 9.59 Å². The van der Waals surface area contributed by atoms with E-state index in [0.717, 1.165) is 22.3 Å². The molecule has 0 aliphatic carbocycles. The predicted molar refractivity (Wildman–Crippen MR) is 107 cm³/mol. The Balaban J connectivity index is 1.45. The number of ether oxygens (including phenoxy) is 1. The smallest absolute Gasteiger partial charge is 0.263 e. The van der Waals surface area contributed by atoms with Gasteiger partial charge in [-0.2, -0.15) is 0 Å². The van der Waals surface area contributed by atoms with Gasteiger partial charge < -0.3 is 19.9 Å². The summed E-state index contributed by atoms with van der Waals surface area (Å²) in [5, 5.41) is 3.80. The summed E-state index contributed by atoms with van der Waals surface area (Å²) in [5.41, 5.74) is 3.96. The Bertz CT molecular complexity index is 1100. The molecule has 0 saturated carbocycles. The fraction of sp³-hybridized carbons (Fsp3) is 0.190. The van der Waals surface area contributed by atoms with E-state index in [-0.39, 0.29) is 18.4 Å². The highest BCUT2D eigenvalue weighted by molar-refractivity contribution is 5.95. The van der Waals surface area contributed by atoms with Gasteiger partial charge in [-0.15, -0.1) is 0 Å². The largest absolute Gasteiger partial charge is 0.480 e. The number of hydrogen-bond acceptors (Lipinski definition) is 4. The summed E-state index contributed by atoms with van der Waals surface area (Å²) < 4.78 is 5.34. The number of H-pyrrole nitrogens is 1. The van der Waals surface area contributed by atoms with Gasteiger partial charge in [0.05, 0.1) is 6.54 Å². The molecule has 1 aromatic carbocycles. The van der Waals surface area contributed by atoms with Crippen molar-refractivity contribution in [3.8, 4) is 5.75 Å². The van der Waals surface area contributed by atoms with Crippen LogP contribution in [0.4, 0.5) is 5.82 Å². The number of carbonyl (C=O) groups excluding carboxylic acids is 2. The predicted octanol–water partition coefficient (Wildman–Crippen LogP) is 2.87. The first-order valence-electron chi connectivity index (χ1n) is 8.93. The van der Waals surface area contributed by atoms with Gasteiger partial charge in [-0.3, -0.25) is 9.59 Å². The average molecular weight is 376 g/mol. The van der Waals surface area contributed by atoms with Gasteiger partial charge >= 0.3 is 0 Å². The summed E-state index contributed by atoms with van der Waals surface area (Å²) in [6.45, 7) is 2.51. The number of nitrogens with zero attached hydrogens (tertiary/aromatic N) is 2. The van der Waals surface area contributed by atoms with Gasteiger partial charge in [0.25, 0.3) is 5.91 Å². The molecule has 7 heteroatoms. The van der Waals surface area contributed by atoms with Crippen molar-refractivity contribution in [2.45, 2.75) is 13.5 Å². The molecule has 7 nitrogen and oxygen atoms in total. The highest BCUT2D eigenvalue weighted by Crippen LogP contribution is 2.26. The van der Waals surface area contributed by atoms with Gasteiger partial charge in [0, 0.05) is 35.9 Å². The molecule has 0 unspecified atom stereocenters. The summed E-state index contributed by atoms with van der Waals surface area (Å²) in [7, 11) is 1.77. The van der Waals surface area contributed by atoms with Crippen LogP contribution in [0.25, 0.3) is 17.0 Å². The third-order valence-corrected chi connectivity index (χ3v) is 4.75. The Kier molecular flexibility index (Phi) is 4.57. The zero-order valence-corrected chi connectivity index (χ0v) is 15.7. The number of rotatable bonds is 4. The number of amides is 2. The Morgan fingerprint density at radius 1 is 1.36 bits per heavy atom. The molecule has 3 heterocycles. The molecule has 0 fully saturated rings. The lowest BCUT2D eigenvalue weighted by Crippen LogP contribution is -2.26. The molecule has 142 valence electrons. The minimum atomic E-state index is -0.229. The van der Waals surface area contributed by atoms with Crippen LogP contribution in [-0.4, -0.2) is 40.3 Å². The standard InChI is InChI=1S/C21H20N4O3/c1-13-15-5-3-4-6-16(15)23-17(13)11-25(2)20(27)8-7-14-9-18-21(22-10-14)24-19(26)12-28-18/h3-10,23H,11-12H2,1-2H3,(H,22,24,26). The molecule has 1 aliphatic heterocycles. The number of nitrogens with one attached hydrogen (secondary N) is 2. The first-order valence-corrected chi connectivity index (χ1v) is 8.93. The molecule has 3 aromatic rings. The van der Waals surface area contributed by atoms with E-state index >= 15 is 0 Å². The Hall–Kier alpha value is -3.61. The zero-order chi connectivity index (χ0) is 19.7. The molecule has 0 spiro atoms. The van der Waals surface area contributed by atoms with Gasteiger partial charge in [0.2, 0.25) is 5.91 Å². The van der Waals surface area contributed by atoms with Crippen molar-refractivity contribution in [2.75, 3.05) is 19.0 Å². The van der Waals surface area contributed by atoms with E-state index in [4.69, 9.17) is 4.74 Å². The van der Waals surface area contributed by atoms with E-state index in [2.05, 4.69) is 28.3 Å². The minimum Gasteiger partial charge on any atom is -0.480 e. The molecule has 0 atom stereocenters. The summed E-state index contributed by atoms with van der Waals surface area (Å²) in [4.78, 5) is 33.0. The number of anilines is 1. The van der Waals surface area contributed by atoms with E-state index in [1.54, 1.807) is 30.3 Å². The van der Waals surface area contributed by atoms with Crippen molar-refractivity contribution in [1.29, 1.82) is 0 Å². The lowest BCUT2D eigenvalue weighted by atomic mass is 10.1. The van der Waals surface area contributed by atoms with Gasteiger partial charge in [-0.25, -0.2) is 4.98 Å². The van der Waals surface area contributed by atoms with Crippen LogP contribution >= 0.6 is 0 Å². The summed E-state index contributed by atoms with van der Waals surface area (Å²) in [6.07, 6.45) is 4.77. The highest BCUT2D eigenvalue weighted by atomic mass is 16.5. The van der Waals surface area contributed by atoms with Crippen LogP contribution in [0.1, 0.15) is 16.8 Å². The van der Waals surface area contributed by atoms with Crippen molar-refractivity contribution >= 4 is 34.6 Å². The van der Waals surface area contributed by atoms with Gasteiger partial charge in [0.15, 0.2) is 18.2 Å². The summed E-state index contributed by atoms with van der Waals surface area (Å²) >= 11 is 0. The molecular formula is C21H20N4O3. The van der Waals surface area contributed by atoms with Crippen molar-refractivity contribution in [1.82, 2.24) is 14.9 Å². The second-order valence-electron chi connectivity index (χ2n) is 6.75. The molecule has 0 bridgehead atoms. The van der Waals surface area contributed by atoms with E-state index in [1.807, 2.05) is 18.2 Å². The van der Waals surface area contributed by atoms with Crippen LogP contribution in [0.15, 0.2) is 42.6 Å². The number of aromatic amines is 1. The molecule has 2 amide bonds. The number of fused-ring (bicyclic) bond motifs is 2. The maximum atomic E-state index is 12.5. The number of pyridine rings is 1. The lowest BCUT2D eigenvalue weighted by molar-refractivity contribution is -0.125. The van der Waals surface area contributed by atoms with Gasteiger partial charge in [-0.1, -0.05) is 18.2 Å². The molecule has 1 aliphatic rings. The van der Waals surface area contributed by atoms with Crippen LogP contribution in [0.2, 0.25) is 0 Å². The topological polar surface area (TPSA) is 87.3 Å². The monoisotopic (exact) mass is 376 g/mol.